The van der Waals surface area contributed by atoms with Gasteiger partial charge >= 0.3 is 0 Å². The van der Waals surface area contributed by atoms with Gasteiger partial charge in [-0.05, 0) is 18.6 Å². The third kappa shape index (κ3) is 1.61. The third-order valence-corrected chi connectivity index (χ3v) is 2.94. The van der Waals surface area contributed by atoms with Crippen LogP contribution in [-0.4, -0.2) is 34.3 Å². The van der Waals surface area contributed by atoms with E-state index in [-0.39, 0.29) is 11.7 Å². The van der Waals surface area contributed by atoms with Crippen molar-refractivity contribution in [2.24, 2.45) is 0 Å². The summed E-state index contributed by atoms with van der Waals surface area (Å²) in [5.41, 5.74) is 1.59. The summed E-state index contributed by atoms with van der Waals surface area (Å²) in [7, 11) is 0. The third-order valence-electron chi connectivity index (χ3n) is 2.94. The predicted octanol–water partition coefficient (Wildman–Crippen LogP) is 0.592. The average Bonchev–Trinajstić information content (AvgIpc) is 2.65. The normalized spacial score (nSPS) is 16.1. The van der Waals surface area contributed by atoms with Crippen molar-refractivity contribution >= 4 is 11.7 Å². The number of hydrogen-bond acceptors (Lipinski definition) is 3. The number of carbonyl (C=O) groups excluding carboxylic acids is 2. The molecule has 1 N–H and O–H groups in total. The maximum Gasteiger partial charge on any atom is 0.255 e. The number of benzene rings is 1. The molecule has 0 aliphatic carbocycles. The van der Waals surface area contributed by atoms with Crippen LogP contribution in [0.4, 0.5) is 0 Å². The molecule has 0 aromatic heterocycles. The van der Waals surface area contributed by atoms with E-state index >= 15 is 0 Å². The fourth-order valence-electron chi connectivity index (χ4n) is 1.90. The Bertz CT molecular complexity index is 442. The van der Waals surface area contributed by atoms with Crippen LogP contribution in [0.2, 0.25) is 0 Å². The second-order valence-corrected chi connectivity index (χ2v) is 3.89. The molecule has 4 heteroatoms. The number of aliphatic hydroxyl groups is 1. The van der Waals surface area contributed by atoms with Gasteiger partial charge in [0.15, 0.2) is 5.78 Å². The molecule has 0 saturated heterocycles. The van der Waals surface area contributed by atoms with Gasteiger partial charge in [-0.2, -0.15) is 0 Å². The Morgan fingerprint density at radius 1 is 1.50 bits per heavy atom. The molecule has 1 aliphatic rings. The maximum atomic E-state index is 12.0. The van der Waals surface area contributed by atoms with Crippen LogP contribution in [0.3, 0.4) is 0 Å². The van der Waals surface area contributed by atoms with Crippen LogP contribution in [-0.2, 0) is 11.3 Å². The molecule has 2 rings (SSSR count). The zero-order chi connectivity index (χ0) is 11.7. The minimum absolute atomic E-state index is 0.134. The molecule has 1 heterocycles. The fourth-order valence-corrected chi connectivity index (χ4v) is 1.90. The van der Waals surface area contributed by atoms with Crippen LogP contribution < -0.4 is 0 Å². The van der Waals surface area contributed by atoms with Gasteiger partial charge < -0.3 is 10.0 Å². The Hall–Kier alpha value is -1.68. The van der Waals surface area contributed by atoms with Gasteiger partial charge in [0, 0.05) is 12.1 Å². The first-order valence-corrected chi connectivity index (χ1v) is 5.17. The summed E-state index contributed by atoms with van der Waals surface area (Å²) in [6.45, 7) is 1.56. The van der Waals surface area contributed by atoms with E-state index in [1.807, 2.05) is 12.1 Å². The van der Waals surface area contributed by atoms with Gasteiger partial charge in [0.1, 0.15) is 6.61 Å². The van der Waals surface area contributed by atoms with Crippen LogP contribution in [0.25, 0.3) is 0 Å². The summed E-state index contributed by atoms with van der Waals surface area (Å²) in [5.74, 6) is -0.467. The van der Waals surface area contributed by atoms with E-state index in [0.29, 0.717) is 12.1 Å². The number of hydrogen-bond donors (Lipinski definition) is 1. The molecular formula is C12H13NO3. The number of Topliss-reactive ketones (excluding diaryl/α,β-unsaturated/α-hetero) is 1. The van der Waals surface area contributed by atoms with E-state index in [4.69, 9.17) is 5.11 Å². The lowest BCUT2D eigenvalue weighted by Gasteiger charge is -2.22. The lowest BCUT2D eigenvalue weighted by atomic mass is 10.1. The lowest BCUT2D eigenvalue weighted by molar-refractivity contribution is -0.125. The Labute approximate surface area is 93.5 Å². The molecule has 1 amide bonds. The first-order chi connectivity index (χ1) is 7.65. The second-order valence-electron chi connectivity index (χ2n) is 3.89. The second kappa shape index (κ2) is 4.06. The Balaban J connectivity index is 2.25. The summed E-state index contributed by atoms with van der Waals surface area (Å²) in [4.78, 5) is 24.8. The molecule has 1 aliphatic heterocycles. The first kappa shape index (κ1) is 10.8. The topological polar surface area (TPSA) is 57.6 Å². The highest BCUT2D eigenvalue weighted by Gasteiger charge is 2.32. The smallest absolute Gasteiger partial charge is 0.255 e. The summed E-state index contributed by atoms with van der Waals surface area (Å²) in [5, 5.41) is 8.78. The molecule has 16 heavy (non-hydrogen) atoms. The van der Waals surface area contributed by atoms with Crippen molar-refractivity contribution in [2.45, 2.75) is 19.5 Å². The number of aliphatic hydroxyl groups excluding tert-OH is 1. The van der Waals surface area contributed by atoms with E-state index in [1.165, 1.54) is 4.90 Å². The van der Waals surface area contributed by atoms with E-state index in [0.717, 1.165) is 5.56 Å². The van der Waals surface area contributed by atoms with Crippen molar-refractivity contribution in [2.75, 3.05) is 6.61 Å². The monoisotopic (exact) mass is 219 g/mol. The molecule has 1 atom stereocenters. The Morgan fingerprint density at radius 3 is 2.81 bits per heavy atom. The molecule has 0 radical (unpaired) electrons. The summed E-state index contributed by atoms with van der Waals surface area (Å²) in [6, 6.07) is 6.74. The van der Waals surface area contributed by atoms with E-state index in [2.05, 4.69) is 0 Å². The molecule has 0 spiro atoms. The molecular weight excluding hydrogens is 206 g/mol. The minimum Gasteiger partial charge on any atom is -0.389 e. The van der Waals surface area contributed by atoms with Crippen molar-refractivity contribution < 1.29 is 14.7 Å². The zero-order valence-corrected chi connectivity index (χ0v) is 9.01. The number of amides is 1. The van der Waals surface area contributed by atoms with Crippen LogP contribution in [0.5, 0.6) is 0 Å². The molecule has 1 unspecified atom stereocenters. The molecule has 4 nitrogen and oxygen atoms in total. The highest BCUT2D eigenvalue weighted by molar-refractivity contribution is 6.01. The summed E-state index contributed by atoms with van der Waals surface area (Å²) in [6.07, 6.45) is 0. The quantitative estimate of drug-likeness (QED) is 0.809. The van der Waals surface area contributed by atoms with E-state index in [1.54, 1.807) is 19.1 Å². The molecule has 1 aromatic carbocycles. The maximum absolute atomic E-state index is 12.0. The number of carbonyl (C=O) groups is 2. The van der Waals surface area contributed by atoms with Crippen molar-refractivity contribution in [1.82, 2.24) is 4.90 Å². The number of rotatable bonds is 3. The first-order valence-electron chi connectivity index (χ1n) is 5.17. The summed E-state index contributed by atoms with van der Waals surface area (Å²) >= 11 is 0. The van der Waals surface area contributed by atoms with Crippen LogP contribution >= 0.6 is 0 Å². The largest absolute Gasteiger partial charge is 0.389 e. The minimum atomic E-state index is -0.565. The number of fused-ring (bicyclic) bond motifs is 1. The van der Waals surface area contributed by atoms with Crippen LogP contribution in [0, 0.1) is 0 Å². The zero-order valence-electron chi connectivity index (χ0n) is 9.01. The van der Waals surface area contributed by atoms with Gasteiger partial charge in [-0.1, -0.05) is 18.2 Å². The molecule has 84 valence electrons. The van der Waals surface area contributed by atoms with Gasteiger partial charge in [0.05, 0.1) is 6.04 Å². The van der Waals surface area contributed by atoms with Gasteiger partial charge in [0.2, 0.25) is 0 Å². The SMILES string of the molecule is CC(C(=O)CO)N1Cc2ccccc2C1=O. The van der Waals surface area contributed by atoms with E-state index < -0.39 is 12.6 Å². The van der Waals surface area contributed by atoms with E-state index in [9.17, 15) is 9.59 Å². The summed E-state index contributed by atoms with van der Waals surface area (Å²) < 4.78 is 0. The highest BCUT2D eigenvalue weighted by Crippen LogP contribution is 2.24. The molecule has 0 fully saturated rings. The van der Waals surface area contributed by atoms with Gasteiger partial charge in [-0.3, -0.25) is 9.59 Å². The Morgan fingerprint density at radius 2 is 2.19 bits per heavy atom. The van der Waals surface area contributed by atoms with Crippen molar-refractivity contribution in [3.8, 4) is 0 Å². The molecule has 0 saturated carbocycles. The van der Waals surface area contributed by atoms with Crippen molar-refractivity contribution in [3.05, 3.63) is 35.4 Å². The van der Waals surface area contributed by atoms with Crippen molar-refractivity contribution in [3.63, 3.8) is 0 Å². The van der Waals surface area contributed by atoms with Crippen molar-refractivity contribution in [1.29, 1.82) is 0 Å². The fraction of sp³-hybridized carbons (Fsp3) is 0.333. The number of nitrogens with zero attached hydrogens (tertiary/aromatic N) is 1. The average molecular weight is 219 g/mol. The number of ketones is 1. The lowest BCUT2D eigenvalue weighted by Crippen LogP contribution is -2.40. The molecule has 1 aromatic rings. The van der Waals surface area contributed by atoms with Crippen LogP contribution in [0.1, 0.15) is 22.8 Å². The van der Waals surface area contributed by atoms with Gasteiger partial charge in [-0.25, -0.2) is 0 Å². The van der Waals surface area contributed by atoms with Gasteiger partial charge in [-0.15, -0.1) is 0 Å². The van der Waals surface area contributed by atoms with Gasteiger partial charge in [0.25, 0.3) is 5.91 Å². The standard InChI is InChI=1S/C12H13NO3/c1-8(11(15)7-14)13-6-9-4-2-3-5-10(9)12(13)16/h2-5,8,14H,6-7H2,1H3. The predicted molar refractivity (Wildman–Crippen MR) is 57.9 cm³/mol. The van der Waals surface area contributed by atoms with Crippen LogP contribution in [0.15, 0.2) is 24.3 Å². The molecule has 0 bridgehead atoms. The Kier molecular flexibility index (Phi) is 2.75. The highest BCUT2D eigenvalue weighted by atomic mass is 16.3.